The molecule has 1 aliphatic rings. The summed E-state index contributed by atoms with van der Waals surface area (Å²) in [5, 5.41) is 16.8. The second kappa shape index (κ2) is 8.88. The standard InChI is InChI=1S/C18H36N2O3/c1-14(2)15(12-20-16(21)23-17(3,4)5)11-19-13-18(22)9-7-6-8-10-18/h14-15,19,22H,6-13H2,1-5H3,(H,20,21). The molecule has 3 N–H and O–H groups in total. The van der Waals surface area contributed by atoms with Crippen molar-refractivity contribution in [2.75, 3.05) is 19.6 Å². The van der Waals surface area contributed by atoms with Crippen LogP contribution in [0.5, 0.6) is 0 Å². The molecule has 0 radical (unpaired) electrons. The summed E-state index contributed by atoms with van der Waals surface area (Å²) >= 11 is 0. The van der Waals surface area contributed by atoms with Gasteiger partial charge in [-0.05, 0) is 52.0 Å². The van der Waals surface area contributed by atoms with Gasteiger partial charge in [-0.1, -0.05) is 33.1 Å². The summed E-state index contributed by atoms with van der Waals surface area (Å²) in [5.41, 5.74) is -1.02. The van der Waals surface area contributed by atoms with E-state index in [1.54, 1.807) is 0 Å². The van der Waals surface area contributed by atoms with Gasteiger partial charge < -0.3 is 20.5 Å². The van der Waals surface area contributed by atoms with Gasteiger partial charge in [0.25, 0.3) is 0 Å². The zero-order valence-corrected chi connectivity index (χ0v) is 15.6. The van der Waals surface area contributed by atoms with Crippen molar-refractivity contribution < 1.29 is 14.6 Å². The van der Waals surface area contributed by atoms with Crippen LogP contribution >= 0.6 is 0 Å². The third kappa shape index (κ3) is 8.56. The number of ether oxygens (including phenoxy) is 1. The van der Waals surface area contributed by atoms with Gasteiger partial charge >= 0.3 is 6.09 Å². The van der Waals surface area contributed by atoms with Crippen molar-refractivity contribution >= 4 is 6.09 Å². The highest BCUT2D eigenvalue weighted by molar-refractivity contribution is 5.67. The predicted octanol–water partition coefficient (Wildman–Crippen LogP) is 3.07. The molecule has 0 bridgehead atoms. The molecule has 5 heteroatoms. The van der Waals surface area contributed by atoms with Crippen molar-refractivity contribution in [1.29, 1.82) is 0 Å². The molecular formula is C18H36N2O3. The van der Waals surface area contributed by atoms with E-state index in [-0.39, 0.29) is 6.09 Å². The SMILES string of the molecule is CC(C)C(CNCC1(O)CCCCC1)CNC(=O)OC(C)(C)C. The van der Waals surface area contributed by atoms with Crippen LogP contribution < -0.4 is 10.6 Å². The highest BCUT2D eigenvalue weighted by atomic mass is 16.6. The van der Waals surface area contributed by atoms with Gasteiger partial charge in [-0.3, -0.25) is 0 Å². The number of alkyl carbamates (subject to hydrolysis) is 1. The van der Waals surface area contributed by atoms with Crippen LogP contribution in [0.2, 0.25) is 0 Å². The Morgan fingerprint density at radius 1 is 1.17 bits per heavy atom. The average Bonchev–Trinajstić information content (AvgIpc) is 2.41. The topological polar surface area (TPSA) is 70.6 Å². The first-order chi connectivity index (χ1) is 10.6. The fourth-order valence-corrected chi connectivity index (χ4v) is 2.95. The zero-order valence-electron chi connectivity index (χ0n) is 15.6. The van der Waals surface area contributed by atoms with Crippen LogP contribution in [0, 0.1) is 11.8 Å². The number of carbonyl (C=O) groups excluding carboxylic acids is 1. The maximum absolute atomic E-state index is 11.8. The molecule has 136 valence electrons. The van der Waals surface area contributed by atoms with Gasteiger partial charge in [0.1, 0.15) is 5.60 Å². The number of nitrogens with one attached hydrogen (secondary N) is 2. The molecule has 0 aromatic rings. The van der Waals surface area contributed by atoms with E-state index < -0.39 is 11.2 Å². The number of carbonyl (C=O) groups is 1. The van der Waals surface area contributed by atoms with Crippen LogP contribution in [0.4, 0.5) is 4.79 Å². The normalized spacial score (nSPS) is 19.4. The first-order valence-electron chi connectivity index (χ1n) is 9.01. The Bertz CT molecular complexity index is 358. The third-order valence-corrected chi connectivity index (χ3v) is 4.50. The molecule has 1 fully saturated rings. The van der Waals surface area contributed by atoms with Crippen molar-refractivity contribution in [1.82, 2.24) is 10.6 Å². The van der Waals surface area contributed by atoms with Crippen LogP contribution in [0.25, 0.3) is 0 Å². The third-order valence-electron chi connectivity index (χ3n) is 4.50. The Hall–Kier alpha value is -0.810. The fraction of sp³-hybridized carbons (Fsp3) is 0.944. The molecule has 0 aromatic heterocycles. The summed E-state index contributed by atoms with van der Waals surface area (Å²) in [6.45, 7) is 11.9. The van der Waals surface area contributed by atoms with Crippen molar-refractivity contribution in [2.45, 2.75) is 77.9 Å². The molecule has 5 nitrogen and oxygen atoms in total. The van der Waals surface area contributed by atoms with Crippen LogP contribution in [-0.2, 0) is 4.74 Å². The van der Waals surface area contributed by atoms with Crippen molar-refractivity contribution in [3.8, 4) is 0 Å². The number of hydrogen-bond donors (Lipinski definition) is 3. The Balaban J connectivity index is 2.33. The summed E-state index contributed by atoms with van der Waals surface area (Å²) in [6, 6.07) is 0. The van der Waals surface area contributed by atoms with E-state index >= 15 is 0 Å². The van der Waals surface area contributed by atoms with Crippen molar-refractivity contribution in [3.63, 3.8) is 0 Å². The smallest absolute Gasteiger partial charge is 0.407 e. The lowest BCUT2D eigenvalue weighted by Crippen LogP contribution is -2.45. The van der Waals surface area contributed by atoms with Gasteiger partial charge in [0.2, 0.25) is 0 Å². The minimum atomic E-state index is -0.543. The highest BCUT2D eigenvalue weighted by Gasteiger charge is 2.29. The minimum absolute atomic E-state index is 0.315. The summed E-state index contributed by atoms with van der Waals surface area (Å²) in [7, 11) is 0. The molecule has 1 atom stereocenters. The quantitative estimate of drug-likeness (QED) is 0.672. The molecule has 1 unspecified atom stereocenters. The van der Waals surface area contributed by atoms with Gasteiger partial charge in [-0.2, -0.15) is 0 Å². The largest absolute Gasteiger partial charge is 0.444 e. The van der Waals surface area contributed by atoms with Crippen LogP contribution in [0.1, 0.15) is 66.7 Å². The van der Waals surface area contributed by atoms with Crippen LogP contribution in [0.15, 0.2) is 0 Å². The minimum Gasteiger partial charge on any atom is -0.444 e. The molecular weight excluding hydrogens is 292 g/mol. The molecule has 1 saturated carbocycles. The van der Waals surface area contributed by atoms with E-state index in [1.807, 2.05) is 20.8 Å². The van der Waals surface area contributed by atoms with E-state index in [1.165, 1.54) is 6.42 Å². The zero-order chi connectivity index (χ0) is 17.5. The van der Waals surface area contributed by atoms with Crippen molar-refractivity contribution in [3.05, 3.63) is 0 Å². The van der Waals surface area contributed by atoms with E-state index in [9.17, 15) is 9.90 Å². The van der Waals surface area contributed by atoms with E-state index in [4.69, 9.17) is 4.74 Å². The molecule has 1 aliphatic carbocycles. The Morgan fingerprint density at radius 2 is 1.78 bits per heavy atom. The van der Waals surface area contributed by atoms with E-state index in [2.05, 4.69) is 24.5 Å². The van der Waals surface area contributed by atoms with Crippen molar-refractivity contribution in [2.24, 2.45) is 11.8 Å². The number of rotatable bonds is 7. The maximum atomic E-state index is 11.8. The lowest BCUT2D eigenvalue weighted by molar-refractivity contribution is 0.00380. The van der Waals surface area contributed by atoms with Gasteiger partial charge in [0.05, 0.1) is 5.60 Å². The second-order valence-corrected chi connectivity index (χ2v) is 8.30. The average molecular weight is 328 g/mol. The van der Waals surface area contributed by atoms with E-state index in [0.29, 0.717) is 24.9 Å². The second-order valence-electron chi connectivity index (χ2n) is 8.30. The number of amides is 1. The monoisotopic (exact) mass is 328 g/mol. The molecule has 1 amide bonds. The molecule has 0 aromatic carbocycles. The maximum Gasteiger partial charge on any atom is 0.407 e. The first-order valence-corrected chi connectivity index (χ1v) is 9.01. The summed E-state index contributed by atoms with van der Waals surface area (Å²) in [5.74, 6) is 0.758. The molecule has 1 rings (SSSR count). The Morgan fingerprint density at radius 3 is 2.30 bits per heavy atom. The van der Waals surface area contributed by atoms with Gasteiger partial charge in [0.15, 0.2) is 0 Å². The van der Waals surface area contributed by atoms with Crippen LogP contribution in [0.3, 0.4) is 0 Å². The molecule has 23 heavy (non-hydrogen) atoms. The number of aliphatic hydroxyl groups is 1. The fourth-order valence-electron chi connectivity index (χ4n) is 2.95. The number of hydrogen-bond acceptors (Lipinski definition) is 4. The lowest BCUT2D eigenvalue weighted by atomic mass is 9.84. The van der Waals surface area contributed by atoms with Crippen LogP contribution in [-0.4, -0.2) is 42.0 Å². The van der Waals surface area contributed by atoms with Gasteiger partial charge in [-0.25, -0.2) is 4.79 Å². The molecule has 0 aliphatic heterocycles. The molecule has 0 heterocycles. The van der Waals surface area contributed by atoms with Gasteiger partial charge in [-0.15, -0.1) is 0 Å². The first kappa shape index (κ1) is 20.2. The van der Waals surface area contributed by atoms with Gasteiger partial charge in [0, 0.05) is 13.1 Å². The lowest BCUT2D eigenvalue weighted by Gasteiger charge is -2.33. The summed E-state index contributed by atoms with van der Waals surface area (Å²) in [4.78, 5) is 11.8. The predicted molar refractivity (Wildman–Crippen MR) is 93.5 cm³/mol. The highest BCUT2D eigenvalue weighted by Crippen LogP contribution is 2.27. The van der Waals surface area contributed by atoms with E-state index in [0.717, 1.165) is 32.2 Å². The Kier molecular flexibility index (Phi) is 7.81. The molecule has 0 saturated heterocycles. The Labute approximate surface area is 141 Å². The summed E-state index contributed by atoms with van der Waals surface area (Å²) < 4.78 is 5.27. The summed E-state index contributed by atoms with van der Waals surface area (Å²) in [6.07, 6.45) is 4.88. The molecule has 0 spiro atoms.